The molecular formula is C21H26N2O3S. The van der Waals surface area contributed by atoms with E-state index < -0.39 is 10.0 Å². The van der Waals surface area contributed by atoms with E-state index in [-0.39, 0.29) is 0 Å². The molecule has 0 unspecified atom stereocenters. The number of benzene rings is 2. The summed E-state index contributed by atoms with van der Waals surface area (Å²) in [6.45, 7) is 5.93. The largest absolute Gasteiger partial charge is 0.494 e. The number of piperazine rings is 1. The van der Waals surface area contributed by atoms with E-state index in [0.717, 1.165) is 30.9 Å². The average Bonchev–Trinajstić information content (AvgIpc) is 2.69. The van der Waals surface area contributed by atoms with E-state index in [0.29, 0.717) is 19.7 Å². The molecule has 0 aliphatic carbocycles. The third-order valence-electron chi connectivity index (χ3n) is 4.56. The highest BCUT2D eigenvalue weighted by atomic mass is 32.2. The van der Waals surface area contributed by atoms with Gasteiger partial charge in [0, 0.05) is 38.1 Å². The fourth-order valence-electron chi connectivity index (χ4n) is 3.07. The highest BCUT2D eigenvalue weighted by Crippen LogP contribution is 2.16. The Morgan fingerprint density at radius 3 is 2.26 bits per heavy atom. The highest BCUT2D eigenvalue weighted by molar-refractivity contribution is 7.92. The van der Waals surface area contributed by atoms with Crippen molar-refractivity contribution in [3.05, 3.63) is 71.1 Å². The van der Waals surface area contributed by atoms with Crippen molar-refractivity contribution in [1.29, 1.82) is 0 Å². The number of nitrogens with zero attached hydrogens (tertiary/aromatic N) is 2. The Bertz CT molecular complexity index is 841. The molecular weight excluding hydrogens is 360 g/mol. The molecule has 1 aliphatic rings. The van der Waals surface area contributed by atoms with Crippen molar-refractivity contribution in [2.75, 3.05) is 32.8 Å². The molecule has 0 aromatic heterocycles. The van der Waals surface area contributed by atoms with Crippen LogP contribution in [0.25, 0.3) is 6.08 Å². The molecule has 1 heterocycles. The smallest absolute Gasteiger partial charge is 0.236 e. The lowest BCUT2D eigenvalue weighted by Gasteiger charge is -2.33. The molecule has 1 aliphatic heterocycles. The maximum absolute atomic E-state index is 12.5. The number of hydrogen-bond donors (Lipinski definition) is 0. The van der Waals surface area contributed by atoms with E-state index in [1.165, 1.54) is 11.0 Å². The SMILES string of the molecule is CCOc1ccc(CN2CCN(S(=O)(=O)/C=C/c3ccccc3)CC2)cc1. The van der Waals surface area contributed by atoms with Crippen LogP contribution in [0.4, 0.5) is 0 Å². The fraction of sp³-hybridized carbons (Fsp3) is 0.333. The maximum atomic E-state index is 12.5. The molecule has 5 nitrogen and oxygen atoms in total. The molecule has 1 fully saturated rings. The van der Waals surface area contributed by atoms with Gasteiger partial charge in [-0.1, -0.05) is 42.5 Å². The van der Waals surface area contributed by atoms with Gasteiger partial charge in [-0.3, -0.25) is 4.90 Å². The normalized spacial score (nSPS) is 16.6. The van der Waals surface area contributed by atoms with E-state index in [4.69, 9.17) is 4.74 Å². The first kappa shape index (κ1) is 19.6. The van der Waals surface area contributed by atoms with Gasteiger partial charge < -0.3 is 4.74 Å². The van der Waals surface area contributed by atoms with Gasteiger partial charge in [-0.05, 0) is 36.3 Å². The van der Waals surface area contributed by atoms with Gasteiger partial charge in [0.1, 0.15) is 5.75 Å². The van der Waals surface area contributed by atoms with Crippen molar-refractivity contribution in [1.82, 2.24) is 9.21 Å². The summed E-state index contributed by atoms with van der Waals surface area (Å²) in [5.41, 5.74) is 2.09. The van der Waals surface area contributed by atoms with E-state index in [1.54, 1.807) is 10.4 Å². The lowest BCUT2D eigenvalue weighted by molar-refractivity contribution is 0.182. The van der Waals surface area contributed by atoms with Gasteiger partial charge in [0.2, 0.25) is 10.0 Å². The quantitative estimate of drug-likeness (QED) is 0.733. The molecule has 0 amide bonds. The second-order valence-corrected chi connectivity index (χ2v) is 8.33. The summed E-state index contributed by atoms with van der Waals surface area (Å²) in [4.78, 5) is 2.28. The van der Waals surface area contributed by atoms with Crippen LogP contribution >= 0.6 is 0 Å². The van der Waals surface area contributed by atoms with Gasteiger partial charge in [0.15, 0.2) is 0 Å². The van der Waals surface area contributed by atoms with Gasteiger partial charge >= 0.3 is 0 Å². The van der Waals surface area contributed by atoms with Crippen molar-refractivity contribution in [3.63, 3.8) is 0 Å². The van der Waals surface area contributed by atoms with Crippen LogP contribution in [0.3, 0.4) is 0 Å². The van der Waals surface area contributed by atoms with Crippen molar-refractivity contribution in [2.24, 2.45) is 0 Å². The number of ether oxygens (including phenoxy) is 1. The summed E-state index contributed by atoms with van der Waals surface area (Å²) in [6.07, 6.45) is 1.65. The molecule has 2 aromatic carbocycles. The molecule has 0 saturated carbocycles. The Kier molecular flexibility index (Phi) is 6.66. The summed E-state index contributed by atoms with van der Waals surface area (Å²) in [7, 11) is -3.38. The summed E-state index contributed by atoms with van der Waals surface area (Å²) in [5, 5.41) is 1.31. The Hall–Kier alpha value is -2.15. The first-order valence-corrected chi connectivity index (χ1v) is 10.7. The number of hydrogen-bond acceptors (Lipinski definition) is 4. The molecule has 0 N–H and O–H groups in total. The minimum atomic E-state index is -3.38. The highest BCUT2D eigenvalue weighted by Gasteiger charge is 2.24. The predicted octanol–water partition coefficient (Wildman–Crippen LogP) is 3.20. The molecule has 3 rings (SSSR count). The molecule has 0 spiro atoms. The Balaban J connectivity index is 1.52. The van der Waals surface area contributed by atoms with Crippen LogP contribution in [0.15, 0.2) is 60.0 Å². The lowest BCUT2D eigenvalue weighted by atomic mass is 10.2. The van der Waals surface area contributed by atoms with Crippen LogP contribution in [-0.4, -0.2) is 50.4 Å². The molecule has 144 valence electrons. The van der Waals surface area contributed by atoms with E-state index in [1.807, 2.05) is 49.4 Å². The molecule has 6 heteroatoms. The fourth-order valence-corrected chi connectivity index (χ4v) is 4.25. The van der Waals surface area contributed by atoms with Gasteiger partial charge in [-0.25, -0.2) is 8.42 Å². The van der Waals surface area contributed by atoms with E-state index in [2.05, 4.69) is 17.0 Å². The topological polar surface area (TPSA) is 49.9 Å². The van der Waals surface area contributed by atoms with Crippen LogP contribution in [0.5, 0.6) is 5.75 Å². The summed E-state index contributed by atoms with van der Waals surface area (Å²) in [5.74, 6) is 0.877. The van der Waals surface area contributed by atoms with Crippen LogP contribution in [0.1, 0.15) is 18.1 Å². The zero-order valence-electron chi connectivity index (χ0n) is 15.6. The second kappa shape index (κ2) is 9.17. The predicted molar refractivity (Wildman–Crippen MR) is 109 cm³/mol. The number of sulfonamides is 1. The van der Waals surface area contributed by atoms with E-state index >= 15 is 0 Å². The zero-order valence-corrected chi connectivity index (χ0v) is 16.4. The lowest BCUT2D eigenvalue weighted by Crippen LogP contribution is -2.47. The van der Waals surface area contributed by atoms with Gasteiger partial charge in [0.05, 0.1) is 6.61 Å². The monoisotopic (exact) mass is 386 g/mol. The van der Waals surface area contributed by atoms with Crippen molar-refractivity contribution in [2.45, 2.75) is 13.5 Å². The Morgan fingerprint density at radius 2 is 1.63 bits per heavy atom. The van der Waals surface area contributed by atoms with Gasteiger partial charge in [-0.2, -0.15) is 4.31 Å². The third kappa shape index (κ3) is 5.66. The van der Waals surface area contributed by atoms with Crippen molar-refractivity contribution >= 4 is 16.1 Å². The molecule has 1 saturated heterocycles. The average molecular weight is 387 g/mol. The van der Waals surface area contributed by atoms with Crippen LogP contribution < -0.4 is 4.74 Å². The molecule has 0 bridgehead atoms. The molecule has 27 heavy (non-hydrogen) atoms. The van der Waals surface area contributed by atoms with Crippen LogP contribution in [-0.2, 0) is 16.6 Å². The zero-order chi connectivity index (χ0) is 19.1. The second-order valence-electron chi connectivity index (χ2n) is 6.51. The van der Waals surface area contributed by atoms with Crippen LogP contribution in [0.2, 0.25) is 0 Å². The molecule has 0 atom stereocenters. The Labute approximate surface area is 161 Å². The Morgan fingerprint density at radius 1 is 0.963 bits per heavy atom. The summed E-state index contributed by atoms with van der Waals surface area (Å²) in [6, 6.07) is 17.6. The summed E-state index contributed by atoms with van der Waals surface area (Å²) >= 11 is 0. The third-order valence-corrected chi connectivity index (χ3v) is 6.13. The maximum Gasteiger partial charge on any atom is 0.236 e. The number of rotatable bonds is 7. The first-order valence-electron chi connectivity index (χ1n) is 9.24. The standard InChI is InChI=1S/C21H26N2O3S/c1-2-26-21-10-8-20(9-11-21)18-22-13-15-23(16-14-22)27(24,25)17-12-19-6-4-3-5-7-19/h3-12,17H,2,13-16,18H2,1H3/b17-12+. The minimum absolute atomic E-state index is 0.512. The van der Waals surface area contributed by atoms with Gasteiger partial charge in [0.25, 0.3) is 0 Å². The van der Waals surface area contributed by atoms with E-state index in [9.17, 15) is 8.42 Å². The van der Waals surface area contributed by atoms with Crippen LogP contribution in [0, 0.1) is 0 Å². The summed E-state index contributed by atoms with van der Waals surface area (Å²) < 4.78 is 32.1. The van der Waals surface area contributed by atoms with Crippen molar-refractivity contribution < 1.29 is 13.2 Å². The molecule has 0 radical (unpaired) electrons. The van der Waals surface area contributed by atoms with Gasteiger partial charge in [-0.15, -0.1) is 0 Å². The minimum Gasteiger partial charge on any atom is -0.494 e. The first-order chi connectivity index (χ1) is 13.1. The van der Waals surface area contributed by atoms with Crippen molar-refractivity contribution in [3.8, 4) is 5.75 Å². The molecule has 2 aromatic rings.